The molecule has 0 heterocycles. The second-order valence-corrected chi connectivity index (χ2v) is 5.05. The number of alkyl halides is 3. The molecule has 0 aliphatic heterocycles. The second-order valence-electron chi connectivity index (χ2n) is 4.06. The Morgan fingerprint density at radius 2 is 1.88 bits per heavy atom. The van der Waals surface area contributed by atoms with Crippen LogP contribution in [0, 0.1) is 0 Å². The van der Waals surface area contributed by atoms with Crippen LogP contribution in [0.5, 0.6) is 0 Å². The third kappa shape index (κ3) is 12.2. The first-order valence-electron chi connectivity index (χ1n) is 5.75. The minimum absolute atomic E-state index is 0.191. The van der Waals surface area contributed by atoms with Gasteiger partial charge in [0.2, 0.25) is 0 Å². The highest BCUT2D eigenvalue weighted by atomic mass is 32.2. The van der Waals surface area contributed by atoms with Crippen LogP contribution in [0.2, 0.25) is 0 Å². The van der Waals surface area contributed by atoms with Gasteiger partial charge in [-0.2, -0.15) is 24.9 Å². The van der Waals surface area contributed by atoms with Crippen molar-refractivity contribution < 1.29 is 13.2 Å². The van der Waals surface area contributed by atoms with E-state index >= 15 is 0 Å². The van der Waals surface area contributed by atoms with E-state index in [4.69, 9.17) is 0 Å². The Hall–Kier alpha value is 0.100. The van der Waals surface area contributed by atoms with Crippen LogP contribution in [0.3, 0.4) is 0 Å². The Balaban J connectivity index is 3.28. The highest BCUT2D eigenvalue weighted by molar-refractivity contribution is 7.98. The van der Waals surface area contributed by atoms with E-state index < -0.39 is 12.6 Å². The maximum absolute atomic E-state index is 11.9. The normalized spacial score (nSPS) is 14.1. The van der Waals surface area contributed by atoms with E-state index in [1.165, 1.54) is 6.42 Å². The molecule has 1 atom stereocenters. The van der Waals surface area contributed by atoms with E-state index in [0.717, 1.165) is 18.7 Å². The monoisotopic (exact) mass is 257 g/mol. The van der Waals surface area contributed by atoms with E-state index in [2.05, 4.69) is 11.6 Å². The predicted octanol–water partition coefficient (Wildman–Crippen LogP) is 3.84. The van der Waals surface area contributed by atoms with Crippen LogP contribution in [0.1, 0.15) is 39.0 Å². The fraction of sp³-hybridized carbons (Fsp3) is 1.00. The summed E-state index contributed by atoms with van der Waals surface area (Å²) in [5.41, 5.74) is 0. The van der Waals surface area contributed by atoms with Crippen molar-refractivity contribution in [3.05, 3.63) is 0 Å². The van der Waals surface area contributed by atoms with Gasteiger partial charge in [0.1, 0.15) is 0 Å². The Kier molecular flexibility index (Phi) is 9.22. The van der Waals surface area contributed by atoms with Crippen LogP contribution in [0.4, 0.5) is 13.2 Å². The van der Waals surface area contributed by atoms with Crippen molar-refractivity contribution in [3.63, 3.8) is 0 Å². The summed E-state index contributed by atoms with van der Waals surface area (Å²) in [6.45, 7) is 2.86. The van der Waals surface area contributed by atoms with Gasteiger partial charge in [-0.3, -0.25) is 0 Å². The molecule has 0 aromatic rings. The predicted molar refractivity (Wildman–Crippen MR) is 65.0 cm³/mol. The molecule has 0 amide bonds. The topological polar surface area (TPSA) is 12.0 Å². The van der Waals surface area contributed by atoms with Gasteiger partial charge in [-0.1, -0.05) is 0 Å². The molecule has 1 nitrogen and oxygen atoms in total. The number of unbranched alkanes of at least 4 members (excludes halogenated alkanes) is 1. The largest absolute Gasteiger partial charge is 0.389 e. The maximum atomic E-state index is 11.9. The molecule has 0 fully saturated rings. The van der Waals surface area contributed by atoms with Crippen LogP contribution in [0.15, 0.2) is 0 Å². The average Bonchev–Trinajstić information content (AvgIpc) is 2.15. The Morgan fingerprint density at radius 1 is 1.19 bits per heavy atom. The zero-order valence-electron chi connectivity index (χ0n) is 10.1. The summed E-state index contributed by atoms with van der Waals surface area (Å²) in [6, 6.07) is 0.191. The van der Waals surface area contributed by atoms with Gasteiger partial charge in [0, 0.05) is 12.5 Å². The molecule has 5 heteroatoms. The van der Waals surface area contributed by atoms with Crippen molar-refractivity contribution in [1.82, 2.24) is 5.32 Å². The van der Waals surface area contributed by atoms with Gasteiger partial charge in [-0.15, -0.1) is 0 Å². The average molecular weight is 257 g/mol. The number of hydrogen-bond donors (Lipinski definition) is 1. The highest BCUT2D eigenvalue weighted by Gasteiger charge is 2.26. The molecule has 0 rings (SSSR count). The van der Waals surface area contributed by atoms with Crippen molar-refractivity contribution in [2.24, 2.45) is 0 Å². The standard InChI is InChI=1S/C11H22F3NS/c1-10(6-5-7-11(12,13)14)15-8-3-4-9-16-2/h10,15H,3-9H2,1-2H3. The Labute approximate surface area is 101 Å². The lowest BCUT2D eigenvalue weighted by Gasteiger charge is -2.14. The highest BCUT2D eigenvalue weighted by Crippen LogP contribution is 2.22. The van der Waals surface area contributed by atoms with Crippen LogP contribution in [-0.4, -0.2) is 30.8 Å². The zero-order chi connectivity index (χ0) is 12.4. The SMILES string of the molecule is CSCCCCNC(C)CCCC(F)(F)F. The number of rotatable bonds is 9. The van der Waals surface area contributed by atoms with E-state index in [0.29, 0.717) is 6.42 Å². The lowest BCUT2D eigenvalue weighted by Crippen LogP contribution is -2.27. The summed E-state index contributed by atoms with van der Waals surface area (Å²) in [7, 11) is 0. The third-order valence-corrected chi connectivity index (χ3v) is 3.06. The van der Waals surface area contributed by atoms with Crippen molar-refractivity contribution in [2.75, 3.05) is 18.6 Å². The lowest BCUT2D eigenvalue weighted by atomic mass is 10.1. The van der Waals surface area contributed by atoms with Gasteiger partial charge in [-0.05, 0) is 51.2 Å². The summed E-state index contributed by atoms with van der Waals surface area (Å²) in [6.07, 6.45) is 0.509. The van der Waals surface area contributed by atoms with Gasteiger partial charge in [0.25, 0.3) is 0 Å². The molecule has 0 radical (unpaired) electrons. The fourth-order valence-electron chi connectivity index (χ4n) is 1.43. The number of hydrogen-bond acceptors (Lipinski definition) is 2. The summed E-state index contributed by atoms with van der Waals surface area (Å²) >= 11 is 1.82. The number of halogens is 3. The fourth-order valence-corrected chi connectivity index (χ4v) is 1.92. The van der Waals surface area contributed by atoms with Crippen LogP contribution in [0.25, 0.3) is 0 Å². The van der Waals surface area contributed by atoms with Gasteiger partial charge in [-0.25, -0.2) is 0 Å². The van der Waals surface area contributed by atoms with E-state index in [-0.39, 0.29) is 12.5 Å². The molecule has 0 aromatic heterocycles. The van der Waals surface area contributed by atoms with Gasteiger partial charge >= 0.3 is 6.18 Å². The quantitative estimate of drug-likeness (QED) is 0.630. The molecule has 1 unspecified atom stereocenters. The Morgan fingerprint density at radius 3 is 2.44 bits per heavy atom. The molecule has 0 aromatic carbocycles. The van der Waals surface area contributed by atoms with Crippen LogP contribution in [-0.2, 0) is 0 Å². The van der Waals surface area contributed by atoms with Gasteiger partial charge < -0.3 is 5.32 Å². The smallest absolute Gasteiger partial charge is 0.314 e. The molecule has 0 saturated carbocycles. The maximum Gasteiger partial charge on any atom is 0.389 e. The molecule has 0 aliphatic rings. The summed E-state index contributed by atoms with van der Waals surface area (Å²) < 4.78 is 35.6. The van der Waals surface area contributed by atoms with E-state index in [9.17, 15) is 13.2 Å². The van der Waals surface area contributed by atoms with E-state index in [1.54, 1.807) is 0 Å². The molecular weight excluding hydrogens is 235 g/mol. The molecule has 98 valence electrons. The Bertz CT molecular complexity index is 162. The summed E-state index contributed by atoms with van der Waals surface area (Å²) in [5.74, 6) is 1.16. The first-order chi connectivity index (χ1) is 7.45. The zero-order valence-corrected chi connectivity index (χ0v) is 10.9. The minimum Gasteiger partial charge on any atom is -0.314 e. The van der Waals surface area contributed by atoms with E-state index in [1.807, 2.05) is 18.7 Å². The van der Waals surface area contributed by atoms with Gasteiger partial charge in [0.15, 0.2) is 0 Å². The molecule has 0 spiro atoms. The molecule has 1 N–H and O–H groups in total. The van der Waals surface area contributed by atoms with Crippen molar-refractivity contribution in [3.8, 4) is 0 Å². The molecule has 0 saturated heterocycles. The molecule has 0 bridgehead atoms. The van der Waals surface area contributed by atoms with Crippen molar-refractivity contribution in [1.29, 1.82) is 0 Å². The number of nitrogens with one attached hydrogen (secondary N) is 1. The van der Waals surface area contributed by atoms with Crippen molar-refractivity contribution in [2.45, 2.75) is 51.2 Å². The van der Waals surface area contributed by atoms with Crippen LogP contribution >= 0.6 is 11.8 Å². The minimum atomic E-state index is -4.00. The first-order valence-corrected chi connectivity index (χ1v) is 7.14. The van der Waals surface area contributed by atoms with Crippen LogP contribution < -0.4 is 5.32 Å². The lowest BCUT2D eigenvalue weighted by molar-refractivity contribution is -0.135. The molecule has 0 aliphatic carbocycles. The van der Waals surface area contributed by atoms with Gasteiger partial charge in [0.05, 0.1) is 0 Å². The summed E-state index contributed by atoms with van der Waals surface area (Å²) in [4.78, 5) is 0. The molecule has 16 heavy (non-hydrogen) atoms. The summed E-state index contributed by atoms with van der Waals surface area (Å²) in [5, 5.41) is 3.25. The molecular formula is C11H22F3NS. The first kappa shape index (κ1) is 16.1. The van der Waals surface area contributed by atoms with Crippen molar-refractivity contribution >= 4 is 11.8 Å². The second kappa shape index (κ2) is 9.16. The third-order valence-electron chi connectivity index (χ3n) is 2.37. The number of thioether (sulfide) groups is 1.